The van der Waals surface area contributed by atoms with Gasteiger partial charge in [-0.15, -0.1) is 0 Å². The van der Waals surface area contributed by atoms with Gasteiger partial charge in [0.05, 0.1) is 12.1 Å². The summed E-state index contributed by atoms with van der Waals surface area (Å²) >= 11 is 0. The van der Waals surface area contributed by atoms with E-state index in [4.69, 9.17) is 9.84 Å². The number of aromatic nitrogens is 3. The molecule has 2 aromatic rings. The average Bonchev–Trinajstić information content (AvgIpc) is 3.11. The van der Waals surface area contributed by atoms with E-state index in [0.717, 1.165) is 12.2 Å². The predicted octanol–water partition coefficient (Wildman–Crippen LogP) is 1.18. The maximum absolute atomic E-state index is 12.3. The maximum atomic E-state index is 12.3. The third-order valence-electron chi connectivity index (χ3n) is 3.69. The van der Waals surface area contributed by atoms with Crippen LogP contribution in [-0.2, 0) is 4.79 Å². The van der Waals surface area contributed by atoms with Crippen molar-refractivity contribution in [2.45, 2.75) is 25.4 Å². The average molecular weight is 316 g/mol. The highest BCUT2D eigenvalue weighted by atomic mass is 16.5. The molecule has 0 fully saturated rings. The van der Waals surface area contributed by atoms with Gasteiger partial charge in [0.25, 0.3) is 5.91 Å². The summed E-state index contributed by atoms with van der Waals surface area (Å²) in [6, 6.07) is 6.35. The Morgan fingerprint density at radius 3 is 2.83 bits per heavy atom. The lowest BCUT2D eigenvalue weighted by Crippen LogP contribution is -2.27. The van der Waals surface area contributed by atoms with E-state index in [1.807, 2.05) is 11.6 Å². The van der Waals surface area contributed by atoms with E-state index in [2.05, 4.69) is 15.4 Å². The molecule has 0 radical (unpaired) electrons. The van der Waals surface area contributed by atoms with Crippen LogP contribution >= 0.6 is 0 Å². The number of carboxylic acid groups (broad SMARTS) is 1. The SMILES string of the molecule is CC1CC(NC(=O)c2ccc(OCC(=O)O)cc2)c2ncnn21. The second kappa shape index (κ2) is 6.07. The van der Waals surface area contributed by atoms with Crippen LogP contribution in [0.2, 0.25) is 0 Å². The second-order valence-corrected chi connectivity index (χ2v) is 5.38. The van der Waals surface area contributed by atoms with Crippen LogP contribution in [0.4, 0.5) is 0 Å². The molecule has 1 amide bonds. The van der Waals surface area contributed by atoms with Gasteiger partial charge >= 0.3 is 5.97 Å². The Kier molecular flexibility index (Phi) is 3.96. The first kappa shape index (κ1) is 15.0. The van der Waals surface area contributed by atoms with Crippen LogP contribution in [-0.4, -0.2) is 38.4 Å². The fraction of sp³-hybridized carbons (Fsp3) is 0.333. The molecule has 0 spiro atoms. The number of rotatable bonds is 5. The molecule has 1 aromatic heterocycles. The lowest BCUT2D eigenvalue weighted by Gasteiger charge is -2.12. The zero-order valence-corrected chi connectivity index (χ0v) is 12.5. The summed E-state index contributed by atoms with van der Waals surface area (Å²) in [5.74, 6) is -0.111. The highest BCUT2D eigenvalue weighted by Crippen LogP contribution is 2.31. The molecule has 0 saturated carbocycles. The van der Waals surface area contributed by atoms with Gasteiger partial charge < -0.3 is 15.2 Å². The molecule has 0 saturated heterocycles. The lowest BCUT2D eigenvalue weighted by atomic mass is 10.1. The van der Waals surface area contributed by atoms with Crippen LogP contribution in [0, 0.1) is 0 Å². The Bertz CT molecular complexity index is 725. The second-order valence-electron chi connectivity index (χ2n) is 5.38. The van der Waals surface area contributed by atoms with Crippen molar-refractivity contribution in [3.05, 3.63) is 42.0 Å². The lowest BCUT2D eigenvalue weighted by molar-refractivity contribution is -0.139. The largest absolute Gasteiger partial charge is 0.482 e. The number of aliphatic carboxylic acids is 1. The van der Waals surface area contributed by atoms with Crippen LogP contribution in [0.5, 0.6) is 5.75 Å². The molecule has 2 N–H and O–H groups in total. The van der Waals surface area contributed by atoms with Gasteiger partial charge in [-0.1, -0.05) is 0 Å². The number of carbonyl (C=O) groups excluding carboxylic acids is 1. The van der Waals surface area contributed by atoms with Crippen LogP contribution < -0.4 is 10.1 Å². The zero-order valence-electron chi connectivity index (χ0n) is 12.5. The molecule has 2 atom stereocenters. The van der Waals surface area contributed by atoms with Gasteiger partial charge in [0.2, 0.25) is 0 Å². The number of benzene rings is 1. The van der Waals surface area contributed by atoms with Crippen molar-refractivity contribution < 1.29 is 19.4 Å². The monoisotopic (exact) mass is 316 g/mol. The van der Waals surface area contributed by atoms with E-state index in [9.17, 15) is 9.59 Å². The molecule has 8 heteroatoms. The van der Waals surface area contributed by atoms with E-state index < -0.39 is 12.6 Å². The molecule has 2 heterocycles. The smallest absolute Gasteiger partial charge is 0.341 e. The van der Waals surface area contributed by atoms with Gasteiger partial charge in [-0.2, -0.15) is 5.10 Å². The number of carbonyl (C=O) groups is 2. The minimum absolute atomic E-state index is 0.164. The summed E-state index contributed by atoms with van der Waals surface area (Å²) in [5, 5.41) is 15.6. The normalized spacial score (nSPS) is 19.2. The first-order valence-electron chi connectivity index (χ1n) is 7.19. The zero-order chi connectivity index (χ0) is 16.4. The summed E-state index contributed by atoms with van der Waals surface area (Å²) in [6.07, 6.45) is 2.24. The van der Waals surface area contributed by atoms with Crippen LogP contribution in [0.1, 0.15) is 41.6 Å². The summed E-state index contributed by atoms with van der Waals surface area (Å²) in [7, 11) is 0. The number of amides is 1. The molecule has 120 valence electrons. The minimum atomic E-state index is -1.05. The molecule has 8 nitrogen and oxygen atoms in total. The molecule has 1 aliphatic heterocycles. The molecular weight excluding hydrogens is 300 g/mol. The van der Waals surface area contributed by atoms with Crippen molar-refractivity contribution in [2.75, 3.05) is 6.61 Å². The van der Waals surface area contributed by atoms with Crippen molar-refractivity contribution in [2.24, 2.45) is 0 Å². The van der Waals surface area contributed by atoms with Gasteiger partial charge in [0.15, 0.2) is 6.61 Å². The highest BCUT2D eigenvalue weighted by Gasteiger charge is 2.31. The minimum Gasteiger partial charge on any atom is -0.482 e. The van der Waals surface area contributed by atoms with Crippen molar-refractivity contribution in [3.8, 4) is 5.75 Å². The van der Waals surface area contributed by atoms with Crippen LogP contribution in [0.15, 0.2) is 30.6 Å². The molecule has 2 unspecified atom stereocenters. The molecule has 23 heavy (non-hydrogen) atoms. The molecule has 0 bridgehead atoms. The van der Waals surface area contributed by atoms with Gasteiger partial charge in [-0.3, -0.25) is 4.79 Å². The predicted molar refractivity (Wildman–Crippen MR) is 79.1 cm³/mol. The molecule has 3 rings (SSSR count). The van der Waals surface area contributed by atoms with Gasteiger partial charge in [-0.05, 0) is 37.6 Å². The van der Waals surface area contributed by atoms with E-state index in [1.54, 1.807) is 24.3 Å². The fourth-order valence-corrected chi connectivity index (χ4v) is 2.61. The molecule has 1 aliphatic rings. The number of nitrogens with zero attached hydrogens (tertiary/aromatic N) is 3. The number of hydrogen-bond acceptors (Lipinski definition) is 5. The first-order valence-corrected chi connectivity index (χ1v) is 7.19. The fourth-order valence-electron chi connectivity index (χ4n) is 2.61. The number of hydrogen-bond donors (Lipinski definition) is 2. The number of nitrogens with one attached hydrogen (secondary N) is 1. The van der Waals surface area contributed by atoms with E-state index in [1.165, 1.54) is 6.33 Å². The Morgan fingerprint density at radius 1 is 1.39 bits per heavy atom. The van der Waals surface area contributed by atoms with Crippen molar-refractivity contribution in [3.63, 3.8) is 0 Å². The first-order chi connectivity index (χ1) is 11.0. The Hall–Kier alpha value is -2.90. The molecule has 0 aliphatic carbocycles. The molecular formula is C15H16N4O4. The molecule has 1 aromatic carbocycles. The quantitative estimate of drug-likeness (QED) is 0.858. The summed E-state index contributed by atoms with van der Waals surface area (Å²) in [6.45, 7) is 1.61. The number of ether oxygens (including phenoxy) is 1. The maximum Gasteiger partial charge on any atom is 0.341 e. The third-order valence-corrected chi connectivity index (χ3v) is 3.69. The highest BCUT2D eigenvalue weighted by molar-refractivity contribution is 5.94. The van der Waals surface area contributed by atoms with E-state index in [-0.39, 0.29) is 18.0 Å². The van der Waals surface area contributed by atoms with Crippen molar-refractivity contribution in [1.82, 2.24) is 20.1 Å². The number of fused-ring (bicyclic) bond motifs is 1. The Morgan fingerprint density at radius 2 is 2.13 bits per heavy atom. The van der Waals surface area contributed by atoms with Crippen LogP contribution in [0.25, 0.3) is 0 Å². The number of carboxylic acids is 1. The summed E-state index contributed by atoms with van der Waals surface area (Å²) in [5.41, 5.74) is 0.471. The Balaban J connectivity index is 1.64. The van der Waals surface area contributed by atoms with E-state index in [0.29, 0.717) is 11.3 Å². The van der Waals surface area contributed by atoms with Crippen LogP contribution in [0.3, 0.4) is 0 Å². The van der Waals surface area contributed by atoms with Crippen molar-refractivity contribution in [1.29, 1.82) is 0 Å². The summed E-state index contributed by atoms with van der Waals surface area (Å²) in [4.78, 5) is 26.9. The topological polar surface area (TPSA) is 106 Å². The summed E-state index contributed by atoms with van der Waals surface area (Å²) < 4.78 is 6.85. The Labute approximate surface area is 132 Å². The van der Waals surface area contributed by atoms with Gasteiger partial charge in [0.1, 0.15) is 17.9 Å². The third kappa shape index (κ3) is 3.15. The standard InChI is InChI=1S/C15H16N4O4/c1-9-6-12(14-16-8-17-19(9)14)18-15(22)10-2-4-11(5-3-10)23-7-13(20)21/h2-5,8-9,12H,6-7H2,1H3,(H,18,22)(H,20,21). The van der Waals surface area contributed by atoms with Gasteiger partial charge in [0, 0.05) is 5.56 Å². The van der Waals surface area contributed by atoms with Gasteiger partial charge in [-0.25, -0.2) is 14.5 Å². The van der Waals surface area contributed by atoms with E-state index >= 15 is 0 Å². The van der Waals surface area contributed by atoms with Crippen molar-refractivity contribution >= 4 is 11.9 Å².